The number of primary amides is 1. The quantitative estimate of drug-likeness (QED) is 0.714. The lowest BCUT2D eigenvalue weighted by molar-refractivity contribution is 0.0996. The minimum Gasteiger partial charge on any atom is -0.382 e. The van der Waals surface area contributed by atoms with E-state index in [1.165, 1.54) is 16.8 Å². The van der Waals surface area contributed by atoms with E-state index in [1.807, 2.05) is 13.8 Å². The number of nitrogens with zero attached hydrogens (tertiary/aromatic N) is 5. The van der Waals surface area contributed by atoms with E-state index in [0.29, 0.717) is 22.6 Å². The van der Waals surface area contributed by atoms with Crippen molar-refractivity contribution < 1.29 is 4.79 Å². The van der Waals surface area contributed by atoms with Crippen molar-refractivity contribution in [2.45, 2.75) is 19.9 Å². The van der Waals surface area contributed by atoms with Gasteiger partial charge in [-0.3, -0.25) is 14.6 Å². The summed E-state index contributed by atoms with van der Waals surface area (Å²) >= 11 is 0. The zero-order valence-corrected chi connectivity index (χ0v) is 14.2. The predicted molar refractivity (Wildman–Crippen MR) is 96.1 cm³/mol. The molecular formula is C17H17N7O2. The summed E-state index contributed by atoms with van der Waals surface area (Å²) in [5.74, 6) is -0.875. The van der Waals surface area contributed by atoms with Gasteiger partial charge in [-0.05, 0) is 32.0 Å². The molecular weight excluding hydrogens is 334 g/mol. The van der Waals surface area contributed by atoms with Crippen LogP contribution in [-0.4, -0.2) is 30.6 Å². The van der Waals surface area contributed by atoms with E-state index in [1.54, 1.807) is 24.5 Å². The van der Waals surface area contributed by atoms with E-state index in [-0.39, 0.29) is 23.1 Å². The lowest BCUT2D eigenvalue weighted by atomic mass is 10.1. The van der Waals surface area contributed by atoms with Gasteiger partial charge in [-0.1, -0.05) is 0 Å². The monoisotopic (exact) mass is 351 g/mol. The van der Waals surface area contributed by atoms with E-state index >= 15 is 0 Å². The van der Waals surface area contributed by atoms with Crippen molar-refractivity contribution in [2.75, 3.05) is 5.73 Å². The first-order valence-corrected chi connectivity index (χ1v) is 7.86. The van der Waals surface area contributed by atoms with Crippen LogP contribution < -0.4 is 17.0 Å². The second-order valence-corrected chi connectivity index (χ2v) is 5.85. The lowest BCUT2D eigenvalue weighted by Crippen LogP contribution is -2.24. The molecule has 0 fully saturated rings. The maximum Gasteiger partial charge on any atom is 0.271 e. The van der Waals surface area contributed by atoms with Crippen LogP contribution >= 0.6 is 0 Å². The molecule has 9 heteroatoms. The molecule has 3 rings (SSSR count). The van der Waals surface area contributed by atoms with Gasteiger partial charge in [0.2, 0.25) is 0 Å². The number of amides is 1. The SMILES string of the molecule is CC(C)n1nc(-c2nc(C(N)=O)c(N)nc2-c2ccncc2)ccc1=O. The number of hydrogen-bond donors (Lipinski definition) is 2. The highest BCUT2D eigenvalue weighted by molar-refractivity contribution is 5.96. The first kappa shape index (κ1) is 17.2. The predicted octanol–water partition coefficient (Wildman–Crippen LogP) is 1.02. The van der Waals surface area contributed by atoms with Crippen molar-refractivity contribution >= 4 is 11.7 Å². The van der Waals surface area contributed by atoms with Gasteiger partial charge in [-0.15, -0.1) is 0 Å². The van der Waals surface area contributed by atoms with Crippen LogP contribution in [0.25, 0.3) is 22.6 Å². The van der Waals surface area contributed by atoms with Crippen LogP contribution in [-0.2, 0) is 0 Å². The average Bonchev–Trinajstić information content (AvgIpc) is 2.62. The third kappa shape index (κ3) is 3.14. The highest BCUT2D eigenvalue weighted by atomic mass is 16.1. The molecule has 132 valence electrons. The molecule has 0 aromatic carbocycles. The van der Waals surface area contributed by atoms with Crippen LogP contribution in [0, 0.1) is 0 Å². The molecule has 0 atom stereocenters. The molecule has 1 amide bonds. The van der Waals surface area contributed by atoms with E-state index < -0.39 is 5.91 Å². The Morgan fingerprint density at radius 1 is 1.08 bits per heavy atom. The van der Waals surface area contributed by atoms with Crippen LogP contribution in [0.2, 0.25) is 0 Å². The van der Waals surface area contributed by atoms with Crippen LogP contribution in [0.3, 0.4) is 0 Å². The topological polar surface area (TPSA) is 143 Å². The molecule has 0 aliphatic carbocycles. The maximum atomic E-state index is 12.0. The molecule has 3 aromatic heterocycles. The summed E-state index contributed by atoms with van der Waals surface area (Å²) < 4.78 is 1.33. The van der Waals surface area contributed by atoms with Gasteiger partial charge in [0, 0.05) is 24.0 Å². The Morgan fingerprint density at radius 3 is 2.38 bits per heavy atom. The Balaban J connectivity index is 2.32. The number of hydrogen-bond acceptors (Lipinski definition) is 7. The van der Waals surface area contributed by atoms with E-state index in [9.17, 15) is 9.59 Å². The molecule has 0 bridgehead atoms. The zero-order valence-electron chi connectivity index (χ0n) is 14.2. The third-order valence-corrected chi connectivity index (χ3v) is 3.67. The Kier molecular flexibility index (Phi) is 4.44. The van der Waals surface area contributed by atoms with Crippen molar-refractivity contribution in [3.8, 4) is 22.6 Å². The van der Waals surface area contributed by atoms with Gasteiger partial charge in [0.15, 0.2) is 11.5 Å². The molecule has 0 saturated carbocycles. The molecule has 3 heterocycles. The van der Waals surface area contributed by atoms with Gasteiger partial charge in [0.25, 0.3) is 11.5 Å². The number of anilines is 1. The molecule has 0 saturated heterocycles. The average molecular weight is 351 g/mol. The summed E-state index contributed by atoms with van der Waals surface area (Å²) in [4.78, 5) is 36.2. The number of nitrogen functional groups attached to an aromatic ring is 1. The van der Waals surface area contributed by atoms with Gasteiger partial charge >= 0.3 is 0 Å². The number of aromatic nitrogens is 5. The molecule has 3 aromatic rings. The van der Waals surface area contributed by atoms with Crippen LogP contribution in [0.4, 0.5) is 5.82 Å². The van der Waals surface area contributed by atoms with E-state index in [2.05, 4.69) is 20.1 Å². The summed E-state index contributed by atoms with van der Waals surface area (Å²) in [7, 11) is 0. The number of nitrogens with two attached hydrogens (primary N) is 2. The Morgan fingerprint density at radius 2 is 1.77 bits per heavy atom. The smallest absolute Gasteiger partial charge is 0.271 e. The number of carbonyl (C=O) groups is 1. The molecule has 0 aliphatic heterocycles. The molecule has 0 spiro atoms. The number of pyridine rings is 1. The summed E-state index contributed by atoms with van der Waals surface area (Å²) in [6.45, 7) is 3.68. The summed E-state index contributed by atoms with van der Waals surface area (Å²) in [6.07, 6.45) is 3.20. The third-order valence-electron chi connectivity index (χ3n) is 3.67. The second-order valence-electron chi connectivity index (χ2n) is 5.85. The van der Waals surface area contributed by atoms with Crippen molar-refractivity contribution in [1.82, 2.24) is 24.7 Å². The normalized spacial score (nSPS) is 10.9. The van der Waals surface area contributed by atoms with Crippen LogP contribution in [0.5, 0.6) is 0 Å². The van der Waals surface area contributed by atoms with E-state index in [0.717, 1.165) is 0 Å². The minimum atomic E-state index is -0.797. The fourth-order valence-electron chi connectivity index (χ4n) is 2.44. The molecule has 0 unspecified atom stereocenters. The fourth-order valence-corrected chi connectivity index (χ4v) is 2.44. The van der Waals surface area contributed by atoms with Gasteiger partial charge in [0.1, 0.15) is 17.1 Å². The van der Waals surface area contributed by atoms with E-state index in [4.69, 9.17) is 11.5 Å². The molecule has 0 aliphatic rings. The minimum absolute atomic E-state index is 0.0785. The Labute approximate surface area is 148 Å². The summed E-state index contributed by atoms with van der Waals surface area (Å²) in [5.41, 5.74) is 12.6. The van der Waals surface area contributed by atoms with Crippen molar-refractivity contribution in [3.05, 3.63) is 52.7 Å². The lowest BCUT2D eigenvalue weighted by Gasteiger charge is -2.13. The summed E-state index contributed by atoms with van der Waals surface area (Å²) in [5, 5.41) is 4.35. The summed E-state index contributed by atoms with van der Waals surface area (Å²) in [6, 6.07) is 6.23. The molecule has 9 nitrogen and oxygen atoms in total. The highest BCUT2D eigenvalue weighted by Gasteiger charge is 2.20. The van der Waals surface area contributed by atoms with Gasteiger partial charge in [-0.2, -0.15) is 5.10 Å². The Bertz CT molecular complexity index is 1030. The Hall–Kier alpha value is -3.62. The van der Waals surface area contributed by atoms with Crippen molar-refractivity contribution in [3.63, 3.8) is 0 Å². The highest BCUT2D eigenvalue weighted by Crippen LogP contribution is 2.29. The van der Waals surface area contributed by atoms with Crippen LogP contribution in [0.15, 0.2) is 41.5 Å². The number of rotatable bonds is 4. The molecule has 4 N–H and O–H groups in total. The first-order chi connectivity index (χ1) is 12.4. The van der Waals surface area contributed by atoms with Gasteiger partial charge in [0.05, 0.1) is 6.04 Å². The van der Waals surface area contributed by atoms with Crippen molar-refractivity contribution in [2.24, 2.45) is 5.73 Å². The van der Waals surface area contributed by atoms with Crippen molar-refractivity contribution in [1.29, 1.82) is 0 Å². The maximum absolute atomic E-state index is 12.0. The fraction of sp³-hybridized carbons (Fsp3) is 0.176. The number of carbonyl (C=O) groups excluding carboxylic acids is 1. The largest absolute Gasteiger partial charge is 0.382 e. The molecule has 26 heavy (non-hydrogen) atoms. The van der Waals surface area contributed by atoms with Gasteiger partial charge in [-0.25, -0.2) is 14.6 Å². The standard InChI is InChI=1S/C17H17N7O2/c1-9(2)24-12(25)4-3-11(23-24)14-13(10-5-7-20-8-6-10)22-16(18)15(21-14)17(19)26/h3-9H,1-2H3,(H2,18,22)(H2,19,26). The van der Waals surface area contributed by atoms with Crippen LogP contribution in [0.1, 0.15) is 30.4 Å². The second kappa shape index (κ2) is 6.71. The van der Waals surface area contributed by atoms with Gasteiger partial charge < -0.3 is 11.5 Å². The zero-order chi connectivity index (χ0) is 18.8. The molecule has 0 radical (unpaired) electrons. The first-order valence-electron chi connectivity index (χ1n) is 7.86.